The molecule has 1 aliphatic carbocycles. The van der Waals surface area contributed by atoms with Gasteiger partial charge in [0.1, 0.15) is 5.75 Å². The van der Waals surface area contributed by atoms with Crippen molar-refractivity contribution < 1.29 is 19.8 Å². The molecule has 0 spiro atoms. The van der Waals surface area contributed by atoms with Crippen molar-refractivity contribution in [1.82, 2.24) is 0 Å². The molecule has 1 aliphatic rings. The highest BCUT2D eigenvalue weighted by Crippen LogP contribution is 2.29. The summed E-state index contributed by atoms with van der Waals surface area (Å²) in [7, 11) is 0. The van der Waals surface area contributed by atoms with E-state index in [2.05, 4.69) is 0 Å². The van der Waals surface area contributed by atoms with E-state index < -0.39 is 11.9 Å². The molecule has 4 heteroatoms. The summed E-state index contributed by atoms with van der Waals surface area (Å²) >= 11 is 0. The Labute approximate surface area is 92.5 Å². The third-order valence-electron chi connectivity index (χ3n) is 2.91. The molecule has 0 saturated carbocycles. The van der Waals surface area contributed by atoms with Crippen LogP contribution in [0.4, 0.5) is 0 Å². The number of carboxylic acids is 1. The van der Waals surface area contributed by atoms with Crippen molar-refractivity contribution in [2.24, 2.45) is 5.92 Å². The van der Waals surface area contributed by atoms with Crippen molar-refractivity contribution in [3.05, 3.63) is 29.3 Å². The number of carboxylic acid groups (broad SMARTS) is 1. The van der Waals surface area contributed by atoms with Crippen LogP contribution >= 0.6 is 0 Å². The van der Waals surface area contributed by atoms with E-state index in [1.807, 2.05) is 0 Å². The fraction of sp³-hybridized carbons (Fsp3) is 0.333. The maximum atomic E-state index is 11.9. The van der Waals surface area contributed by atoms with Gasteiger partial charge in [-0.05, 0) is 30.5 Å². The predicted octanol–water partition coefficient (Wildman–Crippen LogP) is 1.61. The van der Waals surface area contributed by atoms with Crippen molar-refractivity contribution in [3.8, 4) is 5.75 Å². The lowest BCUT2D eigenvalue weighted by atomic mass is 9.81. The largest absolute Gasteiger partial charge is 0.508 e. The second-order valence-electron chi connectivity index (χ2n) is 4.04. The molecular formula is C12H12O4. The number of hydrogen-bond donors (Lipinski definition) is 2. The van der Waals surface area contributed by atoms with E-state index >= 15 is 0 Å². The molecule has 1 aromatic carbocycles. The molecule has 1 unspecified atom stereocenters. The predicted molar refractivity (Wildman–Crippen MR) is 56.5 cm³/mol. The average Bonchev–Trinajstić information content (AvgIpc) is 2.22. The summed E-state index contributed by atoms with van der Waals surface area (Å²) in [6.07, 6.45) is 1.14. The molecule has 0 fully saturated rings. The van der Waals surface area contributed by atoms with Crippen LogP contribution in [0.5, 0.6) is 5.75 Å². The summed E-state index contributed by atoms with van der Waals surface area (Å²) in [6.45, 7) is 0. The van der Waals surface area contributed by atoms with Gasteiger partial charge in [0.2, 0.25) is 0 Å². The van der Waals surface area contributed by atoms with Crippen LogP contribution in [-0.2, 0) is 11.2 Å². The van der Waals surface area contributed by atoms with Gasteiger partial charge >= 0.3 is 5.97 Å². The van der Waals surface area contributed by atoms with Gasteiger partial charge in [-0.3, -0.25) is 9.59 Å². The van der Waals surface area contributed by atoms with E-state index in [9.17, 15) is 14.7 Å². The number of ketones is 1. The molecule has 1 atom stereocenters. The number of aryl methyl sites for hydroxylation is 1. The van der Waals surface area contributed by atoms with Gasteiger partial charge in [0, 0.05) is 11.5 Å². The third kappa shape index (κ3) is 1.91. The zero-order chi connectivity index (χ0) is 11.7. The first-order valence-electron chi connectivity index (χ1n) is 5.16. The Morgan fingerprint density at radius 1 is 1.44 bits per heavy atom. The molecule has 0 saturated heterocycles. The van der Waals surface area contributed by atoms with Crippen LogP contribution in [0.3, 0.4) is 0 Å². The van der Waals surface area contributed by atoms with E-state index in [4.69, 9.17) is 5.11 Å². The summed E-state index contributed by atoms with van der Waals surface area (Å²) in [5.74, 6) is -1.53. The average molecular weight is 220 g/mol. The second kappa shape index (κ2) is 3.96. The fourth-order valence-corrected chi connectivity index (χ4v) is 2.10. The van der Waals surface area contributed by atoms with E-state index in [1.54, 1.807) is 12.1 Å². The molecule has 2 rings (SSSR count). The van der Waals surface area contributed by atoms with Gasteiger partial charge in [-0.1, -0.05) is 6.07 Å². The Hall–Kier alpha value is -1.84. The normalized spacial score (nSPS) is 19.2. The van der Waals surface area contributed by atoms with E-state index in [-0.39, 0.29) is 18.0 Å². The monoisotopic (exact) mass is 220 g/mol. The lowest BCUT2D eigenvalue weighted by molar-refractivity contribution is -0.137. The number of aromatic hydroxyl groups is 1. The van der Waals surface area contributed by atoms with Crippen LogP contribution in [0.25, 0.3) is 0 Å². The highest BCUT2D eigenvalue weighted by atomic mass is 16.4. The fourth-order valence-electron chi connectivity index (χ4n) is 2.10. The summed E-state index contributed by atoms with van der Waals surface area (Å²) in [5.41, 5.74) is 1.36. The molecule has 4 nitrogen and oxygen atoms in total. The highest BCUT2D eigenvalue weighted by molar-refractivity contribution is 6.01. The molecule has 0 bridgehead atoms. The van der Waals surface area contributed by atoms with Gasteiger partial charge in [-0.25, -0.2) is 0 Å². The second-order valence-corrected chi connectivity index (χ2v) is 4.04. The van der Waals surface area contributed by atoms with Gasteiger partial charge < -0.3 is 10.2 Å². The van der Waals surface area contributed by atoms with Crippen LogP contribution < -0.4 is 0 Å². The van der Waals surface area contributed by atoms with E-state index in [0.717, 1.165) is 5.56 Å². The van der Waals surface area contributed by atoms with Gasteiger partial charge in [-0.2, -0.15) is 0 Å². The summed E-state index contributed by atoms with van der Waals surface area (Å²) in [6, 6.07) is 4.69. The highest BCUT2D eigenvalue weighted by Gasteiger charge is 2.29. The first kappa shape index (κ1) is 10.7. The number of hydrogen-bond acceptors (Lipinski definition) is 3. The minimum Gasteiger partial charge on any atom is -0.508 e. The van der Waals surface area contributed by atoms with Gasteiger partial charge in [0.05, 0.1) is 6.42 Å². The van der Waals surface area contributed by atoms with Gasteiger partial charge in [-0.15, -0.1) is 0 Å². The first-order valence-corrected chi connectivity index (χ1v) is 5.16. The molecule has 0 radical (unpaired) electrons. The lowest BCUT2D eigenvalue weighted by Gasteiger charge is -2.21. The lowest BCUT2D eigenvalue weighted by Crippen LogP contribution is -2.24. The van der Waals surface area contributed by atoms with Gasteiger partial charge in [0.25, 0.3) is 0 Å². The Balaban J connectivity index is 2.30. The molecule has 2 N–H and O–H groups in total. The summed E-state index contributed by atoms with van der Waals surface area (Å²) < 4.78 is 0. The Morgan fingerprint density at radius 2 is 2.19 bits per heavy atom. The van der Waals surface area contributed by atoms with Crippen LogP contribution in [0, 0.1) is 5.92 Å². The molecule has 84 valence electrons. The standard InChI is InChI=1S/C12H12O4/c13-9-4-3-7-1-2-8(5-11(14)15)12(16)10(7)6-9/h3-4,6,8,13H,1-2,5H2,(H,14,15). The van der Waals surface area contributed by atoms with E-state index in [1.165, 1.54) is 6.07 Å². The molecule has 0 aliphatic heterocycles. The molecule has 0 amide bonds. The Bertz CT molecular complexity index is 450. The zero-order valence-corrected chi connectivity index (χ0v) is 8.64. The van der Waals surface area contributed by atoms with Gasteiger partial charge in [0.15, 0.2) is 5.78 Å². The maximum absolute atomic E-state index is 11.9. The number of benzene rings is 1. The maximum Gasteiger partial charge on any atom is 0.304 e. The Kier molecular flexibility index (Phi) is 2.64. The molecule has 0 heterocycles. The van der Waals surface area contributed by atoms with Crippen molar-refractivity contribution in [2.75, 3.05) is 0 Å². The third-order valence-corrected chi connectivity index (χ3v) is 2.91. The number of carbonyl (C=O) groups is 2. The molecule has 16 heavy (non-hydrogen) atoms. The number of Topliss-reactive ketones (excluding diaryl/α,β-unsaturated/α-hetero) is 1. The minimum absolute atomic E-state index is 0.0445. The Morgan fingerprint density at radius 3 is 2.88 bits per heavy atom. The molecule has 1 aromatic rings. The summed E-state index contributed by atoms with van der Waals surface area (Å²) in [5, 5.41) is 18.0. The number of rotatable bonds is 2. The smallest absolute Gasteiger partial charge is 0.304 e. The first-order chi connectivity index (χ1) is 7.58. The van der Waals surface area contributed by atoms with Crippen LogP contribution in [0.15, 0.2) is 18.2 Å². The van der Waals surface area contributed by atoms with Crippen molar-refractivity contribution in [2.45, 2.75) is 19.3 Å². The minimum atomic E-state index is -0.957. The number of aliphatic carboxylic acids is 1. The number of phenols is 1. The number of phenolic OH excluding ortho intramolecular Hbond substituents is 1. The molecular weight excluding hydrogens is 208 g/mol. The summed E-state index contributed by atoms with van der Waals surface area (Å²) in [4.78, 5) is 22.5. The topological polar surface area (TPSA) is 74.6 Å². The van der Waals surface area contributed by atoms with Crippen LogP contribution in [0.2, 0.25) is 0 Å². The molecule has 0 aromatic heterocycles. The number of carbonyl (C=O) groups excluding carboxylic acids is 1. The van der Waals surface area contributed by atoms with Crippen molar-refractivity contribution in [3.63, 3.8) is 0 Å². The zero-order valence-electron chi connectivity index (χ0n) is 8.64. The van der Waals surface area contributed by atoms with Crippen molar-refractivity contribution in [1.29, 1.82) is 0 Å². The quantitative estimate of drug-likeness (QED) is 0.794. The SMILES string of the molecule is O=C(O)CC1CCc2ccc(O)cc2C1=O. The number of fused-ring (bicyclic) bond motifs is 1. The van der Waals surface area contributed by atoms with E-state index in [0.29, 0.717) is 18.4 Å². The van der Waals surface area contributed by atoms with Crippen molar-refractivity contribution >= 4 is 11.8 Å². The van der Waals surface area contributed by atoms with Crippen LogP contribution in [-0.4, -0.2) is 22.0 Å². The van der Waals surface area contributed by atoms with Crippen LogP contribution in [0.1, 0.15) is 28.8 Å².